The Morgan fingerprint density at radius 3 is 2.84 bits per heavy atom. The Kier molecular flexibility index (Phi) is 4.00. The fraction of sp³-hybridized carbons (Fsp3) is 0.727. The number of carbonyl (C=O) groups is 1. The molecule has 1 fully saturated rings. The second-order valence-electron chi connectivity index (χ2n) is 4.70. The number of nitrogens with zero attached hydrogens (tertiary/aromatic N) is 2. The van der Waals surface area contributed by atoms with Gasteiger partial charge in [0, 0.05) is 12.3 Å². The number of aromatic nitrogens is 3. The van der Waals surface area contributed by atoms with Gasteiger partial charge in [0.25, 0.3) is 0 Å². The lowest BCUT2D eigenvalue weighted by Gasteiger charge is -2.29. The minimum atomic E-state index is -0.710. The Hall–Kier alpha value is -1.28. The number of likely N-dealkylation sites (N-methyl/N-ethyl adjacent to an activating group) is 1. The van der Waals surface area contributed by atoms with Crippen molar-refractivity contribution in [1.82, 2.24) is 20.1 Å². The zero-order chi connectivity index (χ0) is 14.0. The van der Waals surface area contributed by atoms with E-state index in [1.807, 2.05) is 6.92 Å². The summed E-state index contributed by atoms with van der Waals surface area (Å²) in [5.74, 6) is 0.419. The van der Waals surface area contributed by atoms with E-state index in [0.29, 0.717) is 17.5 Å². The Morgan fingerprint density at radius 2 is 2.37 bits per heavy atom. The summed E-state index contributed by atoms with van der Waals surface area (Å²) in [4.78, 5) is 23.2. The molecule has 1 aliphatic carbocycles. The Labute approximate surface area is 115 Å². The average Bonchev–Trinajstić information content (AvgIpc) is 3.16. The fourth-order valence-electron chi connectivity index (χ4n) is 2.24. The lowest BCUT2D eigenvalue weighted by atomic mass is 9.95. The highest BCUT2D eigenvalue weighted by Gasteiger charge is 2.49. The summed E-state index contributed by atoms with van der Waals surface area (Å²) in [5, 5.41) is 10.1. The summed E-state index contributed by atoms with van der Waals surface area (Å²) in [5.41, 5.74) is 4.61. The minimum absolute atomic E-state index is 0.231. The quantitative estimate of drug-likeness (QED) is 0.588. The molecule has 0 aliphatic heterocycles. The third-order valence-electron chi connectivity index (χ3n) is 3.63. The van der Waals surface area contributed by atoms with Crippen LogP contribution >= 0.6 is 11.8 Å². The van der Waals surface area contributed by atoms with Crippen molar-refractivity contribution in [2.75, 3.05) is 12.8 Å². The van der Waals surface area contributed by atoms with Crippen molar-refractivity contribution in [2.45, 2.75) is 37.0 Å². The molecular weight excluding hydrogens is 266 g/mol. The van der Waals surface area contributed by atoms with E-state index in [0.717, 1.165) is 12.8 Å². The topological polar surface area (TPSA) is 106 Å². The highest BCUT2D eigenvalue weighted by Crippen LogP contribution is 2.41. The molecule has 0 aromatic carbocycles. The van der Waals surface area contributed by atoms with Crippen LogP contribution in [0.2, 0.25) is 0 Å². The van der Waals surface area contributed by atoms with Crippen LogP contribution in [-0.4, -0.2) is 39.0 Å². The first-order chi connectivity index (χ1) is 9.05. The molecule has 1 aliphatic rings. The van der Waals surface area contributed by atoms with Gasteiger partial charge in [-0.1, -0.05) is 11.8 Å². The highest BCUT2D eigenvalue weighted by molar-refractivity contribution is 7.99. The average molecular weight is 285 g/mol. The molecule has 106 valence electrons. The second-order valence-corrected chi connectivity index (χ2v) is 5.65. The van der Waals surface area contributed by atoms with Gasteiger partial charge in [-0.25, -0.2) is 9.89 Å². The monoisotopic (exact) mass is 285 g/mol. The largest absolute Gasteiger partial charge is 0.368 e. The number of hydrogen-bond acceptors (Lipinski definition) is 5. The van der Waals surface area contributed by atoms with Gasteiger partial charge in [-0.3, -0.25) is 9.36 Å². The van der Waals surface area contributed by atoms with Crippen molar-refractivity contribution in [1.29, 1.82) is 0 Å². The zero-order valence-corrected chi connectivity index (χ0v) is 11.9. The van der Waals surface area contributed by atoms with Crippen molar-refractivity contribution >= 4 is 17.7 Å². The number of rotatable bonds is 7. The summed E-state index contributed by atoms with van der Waals surface area (Å²) in [6, 6.07) is 0. The van der Waals surface area contributed by atoms with Crippen LogP contribution in [0.4, 0.5) is 0 Å². The molecule has 1 aromatic rings. The Balaban J connectivity index is 2.15. The van der Waals surface area contributed by atoms with E-state index in [1.165, 1.54) is 11.8 Å². The van der Waals surface area contributed by atoms with Gasteiger partial charge in [0.2, 0.25) is 5.91 Å². The molecule has 19 heavy (non-hydrogen) atoms. The van der Waals surface area contributed by atoms with Crippen molar-refractivity contribution in [3.8, 4) is 0 Å². The number of aromatic amines is 1. The smallest absolute Gasteiger partial charge is 0.343 e. The van der Waals surface area contributed by atoms with Crippen molar-refractivity contribution in [3.63, 3.8) is 0 Å². The van der Waals surface area contributed by atoms with Crippen LogP contribution < -0.4 is 16.7 Å². The SMILES string of the molecule is CCn1c(SCC(NC)(C(N)=O)C2CC2)n[nH]c1=O. The van der Waals surface area contributed by atoms with E-state index in [-0.39, 0.29) is 17.5 Å². The highest BCUT2D eigenvalue weighted by atomic mass is 32.2. The molecule has 0 bridgehead atoms. The number of hydrogen-bond donors (Lipinski definition) is 3. The van der Waals surface area contributed by atoms with Gasteiger partial charge in [-0.2, -0.15) is 0 Å². The maximum absolute atomic E-state index is 11.8. The van der Waals surface area contributed by atoms with Crippen LogP contribution in [0.25, 0.3) is 0 Å². The summed E-state index contributed by atoms with van der Waals surface area (Å²) in [6.07, 6.45) is 2.01. The number of amides is 1. The first-order valence-corrected chi connectivity index (χ1v) is 7.30. The third kappa shape index (κ3) is 2.55. The number of primary amides is 1. The van der Waals surface area contributed by atoms with Gasteiger partial charge in [0.15, 0.2) is 5.16 Å². The van der Waals surface area contributed by atoms with E-state index >= 15 is 0 Å². The maximum atomic E-state index is 11.8. The molecule has 2 rings (SSSR count). The number of H-pyrrole nitrogens is 1. The van der Waals surface area contributed by atoms with Gasteiger partial charge in [0.1, 0.15) is 5.54 Å². The fourth-order valence-corrected chi connectivity index (χ4v) is 3.59. The van der Waals surface area contributed by atoms with Crippen LogP contribution in [0, 0.1) is 5.92 Å². The third-order valence-corrected chi connectivity index (χ3v) is 4.80. The van der Waals surface area contributed by atoms with Crippen LogP contribution in [0.15, 0.2) is 9.95 Å². The molecule has 0 radical (unpaired) electrons. The molecule has 1 unspecified atom stereocenters. The molecule has 8 heteroatoms. The maximum Gasteiger partial charge on any atom is 0.343 e. The van der Waals surface area contributed by atoms with E-state index < -0.39 is 5.54 Å². The van der Waals surface area contributed by atoms with Crippen LogP contribution in [0.5, 0.6) is 0 Å². The van der Waals surface area contributed by atoms with Gasteiger partial charge in [-0.15, -0.1) is 5.10 Å². The molecule has 0 saturated heterocycles. The Morgan fingerprint density at radius 1 is 1.68 bits per heavy atom. The first kappa shape index (κ1) is 14.1. The summed E-state index contributed by atoms with van der Waals surface area (Å²) < 4.78 is 1.54. The number of nitrogens with one attached hydrogen (secondary N) is 2. The normalized spacial score (nSPS) is 18.2. The number of nitrogens with two attached hydrogens (primary N) is 1. The minimum Gasteiger partial charge on any atom is -0.368 e. The van der Waals surface area contributed by atoms with E-state index in [4.69, 9.17) is 5.73 Å². The summed E-state index contributed by atoms with van der Waals surface area (Å²) >= 11 is 1.38. The number of thioether (sulfide) groups is 1. The molecule has 7 nitrogen and oxygen atoms in total. The second kappa shape index (κ2) is 5.38. The lowest BCUT2D eigenvalue weighted by molar-refractivity contribution is -0.124. The molecular formula is C11H19N5O2S. The summed E-state index contributed by atoms with van der Waals surface area (Å²) in [7, 11) is 1.75. The predicted octanol–water partition coefficient (Wildman–Crippen LogP) is -0.463. The van der Waals surface area contributed by atoms with Crippen LogP contribution in [0.1, 0.15) is 19.8 Å². The van der Waals surface area contributed by atoms with Crippen molar-refractivity contribution in [3.05, 3.63) is 10.5 Å². The van der Waals surface area contributed by atoms with Gasteiger partial charge < -0.3 is 11.1 Å². The van der Waals surface area contributed by atoms with Crippen molar-refractivity contribution < 1.29 is 4.79 Å². The van der Waals surface area contributed by atoms with Crippen LogP contribution in [-0.2, 0) is 11.3 Å². The molecule has 1 aromatic heterocycles. The molecule has 1 atom stereocenters. The lowest BCUT2D eigenvalue weighted by Crippen LogP contribution is -2.57. The first-order valence-electron chi connectivity index (χ1n) is 6.32. The van der Waals surface area contributed by atoms with Gasteiger partial charge in [0.05, 0.1) is 0 Å². The van der Waals surface area contributed by atoms with Crippen LogP contribution in [0.3, 0.4) is 0 Å². The standard InChI is InChI=1S/C11H19N5O2S/c1-3-16-9(18)14-15-10(16)19-6-11(13-2,8(12)17)7-4-5-7/h7,13H,3-6H2,1-2H3,(H2,12,17)(H,14,18). The zero-order valence-electron chi connectivity index (χ0n) is 11.1. The van der Waals surface area contributed by atoms with Gasteiger partial charge >= 0.3 is 5.69 Å². The molecule has 1 amide bonds. The Bertz CT molecular complexity index is 521. The molecule has 0 spiro atoms. The van der Waals surface area contributed by atoms with E-state index in [1.54, 1.807) is 11.6 Å². The number of carbonyl (C=O) groups excluding carboxylic acids is 1. The van der Waals surface area contributed by atoms with E-state index in [9.17, 15) is 9.59 Å². The predicted molar refractivity (Wildman–Crippen MR) is 73.0 cm³/mol. The summed E-state index contributed by atoms with van der Waals surface area (Å²) in [6.45, 7) is 2.42. The van der Waals surface area contributed by atoms with E-state index in [2.05, 4.69) is 15.5 Å². The molecule has 4 N–H and O–H groups in total. The van der Waals surface area contributed by atoms with Gasteiger partial charge in [-0.05, 0) is 32.7 Å². The molecule has 1 heterocycles. The van der Waals surface area contributed by atoms with Crippen molar-refractivity contribution in [2.24, 2.45) is 11.7 Å². The molecule has 1 saturated carbocycles.